The molecule has 1 unspecified atom stereocenters. The number of aliphatic carboxylic acids is 1. The zero-order chi connectivity index (χ0) is 14.5. The molecule has 1 aliphatic rings. The fraction of sp³-hybridized carbons (Fsp3) is 0.429. The largest absolute Gasteiger partial charge is 0.481 e. The quantitative estimate of drug-likeness (QED) is 0.869. The van der Waals surface area contributed by atoms with E-state index in [0.717, 1.165) is 6.54 Å². The van der Waals surface area contributed by atoms with Crippen molar-refractivity contribution >= 4 is 41.6 Å². The Morgan fingerprint density at radius 1 is 1.43 bits per heavy atom. The Morgan fingerprint density at radius 2 is 2.19 bits per heavy atom. The molecule has 0 spiro atoms. The summed E-state index contributed by atoms with van der Waals surface area (Å²) in [5, 5.41) is 12.3. The van der Waals surface area contributed by atoms with E-state index in [1.807, 2.05) is 4.90 Å². The minimum atomic E-state index is -0.754. The van der Waals surface area contributed by atoms with Gasteiger partial charge in [-0.05, 0) is 31.2 Å². The van der Waals surface area contributed by atoms with Gasteiger partial charge in [0.2, 0.25) is 5.91 Å². The summed E-state index contributed by atoms with van der Waals surface area (Å²) in [4.78, 5) is 24.6. The van der Waals surface area contributed by atoms with Gasteiger partial charge in [-0.25, -0.2) is 0 Å². The molecule has 5 nitrogen and oxygen atoms in total. The molecular formula is C14H18Cl2N2O3. The molecule has 1 amide bonds. The number of benzene rings is 1. The standard InChI is InChI=1S/C14H17ClN2O3.ClH/c15-11-2-1-3-12(8-11)16-13(18)5-7-17-6-4-10(9-17)14(19)20;/h1-3,8,10H,4-7,9H2,(H,16,18)(H,19,20);1H. The molecule has 1 aliphatic heterocycles. The molecule has 0 bridgehead atoms. The van der Waals surface area contributed by atoms with E-state index in [0.29, 0.717) is 36.6 Å². The van der Waals surface area contributed by atoms with Crippen molar-refractivity contribution in [2.75, 3.05) is 25.0 Å². The lowest BCUT2D eigenvalue weighted by atomic mass is 10.1. The summed E-state index contributed by atoms with van der Waals surface area (Å²) in [6.45, 7) is 1.84. The molecule has 2 N–H and O–H groups in total. The summed E-state index contributed by atoms with van der Waals surface area (Å²) in [6, 6.07) is 6.99. The summed E-state index contributed by atoms with van der Waals surface area (Å²) in [5.74, 6) is -1.15. The molecule has 116 valence electrons. The highest BCUT2D eigenvalue weighted by Gasteiger charge is 2.27. The van der Waals surface area contributed by atoms with Crippen LogP contribution in [-0.2, 0) is 9.59 Å². The van der Waals surface area contributed by atoms with Crippen molar-refractivity contribution in [3.63, 3.8) is 0 Å². The van der Waals surface area contributed by atoms with Gasteiger partial charge < -0.3 is 15.3 Å². The lowest BCUT2D eigenvalue weighted by molar-refractivity contribution is -0.141. The molecule has 0 saturated carbocycles. The van der Waals surface area contributed by atoms with Gasteiger partial charge in [-0.1, -0.05) is 17.7 Å². The van der Waals surface area contributed by atoms with Gasteiger partial charge in [-0.15, -0.1) is 12.4 Å². The molecule has 1 fully saturated rings. The normalized spacial score (nSPS) is 18.0. The molecule has 1 aromatic carbocycles. The van der Waals surface area contributed by atoms with Crippen LogP contribution in [0.3, 0.4) is 0 Å². The highest BCUT2D eigenvalue weighted by Crippen LogP contribution is 2.17. The minimum Gasteiger partial charge on any atom is -0.481 e. The first-order valence-electron chi connectivity index (χ1n) is 6.55. The Bertz CT molecular complexity index is 511. The van der Waals surface area contributed by atoms with Crippen LogP contribution < -0.4 is 5.32 Å². The summed E-state index contributed by atoms with van der Waals surface area (Å²) in [5.41, 5.74) is 0.673. The van der Waals surface area contributed by atoms with E-state index < -0.39 is 5.97 Å². The number of carboxylic acid groups (broad SMARTS) is 1. The smallest absolute Gasteiger partial charge is 0.307 e. The molecule has 2 rings (SSSR count). The monoisotopic (exact) mass is 332 g/mol. The molecule has 1 saturated heterocycles. The molecule has 1 atom stereocenters. The maximum absolute atomic E-state index is 11.8. The molecule has 0 aliphatic carbocycles. The van der Waals surface area contributed by atoms with E-state index in [4.69, 9.17) is 16.7 Å². The third kappa shape index (κ3) is 5.53. The average molecular weight is 333 g/mol. The number of carboxylic acids is 1. The highest BCUT2D eigenvalue weighted by atomic mass is 35.5. The first kappa shape index (κ1) is 17.8. The van der Waals surface area contributed by atoms with Crippen molar-refractivity contribution in [1.29, 1.82) is 0 Å². The molecule has 0 aromatic heterocycles. The number of carbonyl (C=O) groups is 2. The maximum Gasteiger partial charge on any atom is 0.307 e. The lowest BCUT2D eigenvalue weighted by Gasteiger charge is -2.14. The second-order valence-electron chi connectivity index (χ2n) is 4.93. The average Bonchev–Trinajstić information content (AvgIpc) is 2.85. The second-order valence-corrected chi connectivity index (χ2v) is 5.37. The van der Waals surface area contributed by atoms with Crippen LogP contribution in [0.15, 0.2) is 24.3 Å². The fourth-order valence-corrected chi connectivity index (χ4v) is 2.48. The van der Waals surface area contributed by atoms with Gasteiger partial charge in [0.25, 0.3) is 0 Å². The Labute approximate surface area is 134 Å². The number of anilines is 1. The Balaban J connectivity index is 0.00000220. The van der Waals surface area contributed by atoms with E-state index >= 15 is 0 Å². The number of likely N-dealkylation sites (tertiary alicyclic amines) is 1. The number of carbonyl (C=O) groups excluding carboxylic acids is 1. The van der Waals surface area contributed by atoms with Crippen molar-refractivity contribution in [2.45, 2.75) is 12.8 Å². The van der Waals surface area contributed by atoms with E-state index in [1.165, 1.54) is 0 Å². The van der Waals surface area contributed by atoms with E-state index in [-0.39, 0.29) is 24.2 Å². The maximum atomic E-state index is 11.8. The van der Waals surface area contributed by atoms with Crippen molar-refractivity contribution in [3.05, 3.63) is 29.3 Å². The molecule has 7 heteroatoms. The first-order chi connectivity index (χ1) is 9.54. The number of hydrogen-bond acceptors (Lipinski definition) is 3. The molecule has 1 heterocycles. The predicted molar refractivity (Wildman–Crippen MR) is 84.1 cm³/mol. The van der Waals surface area contributed by atoms with Crippen LogP contribution in [0.5, 0.6) is 0 Å². The summed E-state index contributed by atoms with van der Waals surface area (Å²) in [6.07, 6.45) is 1.00. The molecule has 1 aromatic rings. The minimum absolute atomic E-state index is 0. The van der Waals surface area contributed by atoms with Gasteiger partial charge in [0.1, 0.15) is 0 Å². The van der Waals surface area contributed by atoms with Gasteiger partial charge in [-0.2, -0.15) is 0 Å². The molecular weight excluding hydrogens is 315 g/mol. The Kier molecular flexibility index (Phi) is 6.95. The third-order valence-corrected chi connectivity index (χ3v) is 3.62. The SMILES string of the molecule is Cl.O=C(CCN1CCC(C(=O)O)C1)Nc1cccc(Cl)c1. The van der Waals surface area contributed by atoms with Crippen LogP contribution in [-0.4, -0.2) is 41.5 Å². The van der Waals surface area contributed by atoms with Gasteiger partial charge >= 0.3 is 5.97 Å². The summed E-state index contributed by atoms with van der Waals surface area (Å²) < 4.78 is 0. The van der Waals surface area contributed by atoms with Gasteiger partial charge in [-0.3, -0.25) is 9.59 Å². The van der Waals surface area contributed by atoms with Crippen LogP contribution in [0.1, 0.15) is 12.8 Å². The fourth-order valence-electron chi connectivity index (χ4n) is 2.29. The zero-order valence-corrected chi connectivity index (χ0v) is 13.0. The van der Waals surface area contributed by atoms with Crippen molar-refractivity contribution < 1.29 is 14.7 Å². The number of halogens is 2. The summed E-state index contributed by atoms with van der Waals surface area (Å²) >= 11 is 5.84. The van der Waals surface area contributed by atoms with Crippen molar-refractivity contribution in [2.24, 2.45) is 5.92 Å². The second kappa shape index (κ2) is 8.22. The van der Waals surface area contributed by atoms with Crippen LogP contribution in [0, 0.1) is 5.92 Å². The topological polar surface area (TPSA) is 69.6 Å². The van der Waals surface area contributed by atoms with Crippen LogP contribution in [0.2, 0.25) is 5.02 Å². The van der Waals surface area contributed by atoms with E-state index in [1.54, 1.807) is 24.3 Å². The van der Waals surface area contributed by atoms with E-state index in [9.17, 15) is 9.59 Å². The van der Waals surface area contributed by atoms with Gasteiger partial charge in [0, 0.05) is 30.2 Å². The summed E-state index contributed by atoms with van der Waals surface area (Å²) in [7, 11) is 0. The van der Waals surface area contributed by atoms with Crippen LogP contribution in [0.25, 0.3) is 0 Å². The Morgan fingerprint density at radius 3 is 2.81 bits per heavy atom. The number of rotatable bonds is 5. The number of amides is 1. The molecule has 0 radical (unpaired) electrons. The first-order valence-corrected chi connectivity index (χ1v) is 6.93. The zero-order valence-electron chi connectivity index (χ0n) is 11.4. The predicted octanol–water partition coefficient (Wildman–Crippen LogP) is 2.50. The van der Waals surface area contributed by atoms with Gasteiger partial charge in [0.15, 0.2) is 0 Å². The van der Waals surface area contributed by atoms with Crippen molar-refractivity contribution in [3.8, 4) is 0 Å². The molecule has 21 heavy (non-hydrogen) atoms. The lowest BCUT2D eigenvalue weighted by Crippen LogP contribution is -2.27. The number of hydrogen-bond donors (Lipinski definition) is 2. The third-order valence-electron chi connectivity index (χ3n) is 3.39. The highest BCUT2D eigenvalue weighted by molar-refractivity contribution is 6.30. The van der Waals surface area contributed by atoms with E-state index in [2.05, 4.69) is 5.32 Å². The van der Waals surface area contributed by atoms with Crippen molar-refractivity contribution in [1.82, 2.24) is 4.90 Å². The Hall–Kier alpha value is -1.30. The number of nitrogens with one attached hydrogen (secondary N) is 1. The van der Waals surface area contributed by atoms with Crippen LogP contribution in [0.4, 0.5) is 5.69 Å². The number of nitrogens with zero attached hydrogens (tertiary/aromatic N) is 1. The van der Waals surface area contributed by atoms with Gasteiger partial charge in [0.05, 0.1) is 5.92 Å². The van der Waals surface area contributed by atoms with Crippen LogP contribution >= 0.6 is 24.0 Å².